The first-order chi connectivity index (χ1) is 12.6. The van der Waals surface area contributed by atoms with E-state index in [1.807, 2.05) is 0 Å². The molecule has 0 unspecified atom stereocenters. The standard InChI is InChI=1S/C16H23F3N6O2/c1-10-2-3-13(26)24(7-10)8-11(20)6-14(27)23-4-5-25-12(9-23)21-22-15(25)16(17,18)19/h10-11H,2-9,20H2,1H3/t10-,11+/m0/s1. The number of piperidine rings is 1. The SMILES string of the molecule is C[C@H]1CCC(=O)N(C[C@H](N)CC(=O)N2CCn3c(nnc3C(F)(F)F)C2)C1. The van der Waals surface area contributed by atoms with E-state index in [1.165, 1.54) is 4.90 Å². The molecule has 0 aromatic carbocycles. The van der Waals surface area contributed by atoms with Gasteiger partial charge < -0.3 is 20.1 Å². The minimum absolute atomic E-state index is 0.0136. The van der Waals surface area contributed by atoms with Gasteiger partial charge >= 0.3 is 6.18 Å². The van der Waals surface area contributed by atoms with Crippen LogP contribution in [0, 0.1) is 5.92 Å². The van der Waals surface area contributed by atoms with Crippen molar-refractivity contribution in [2.75, 3.05) is 19.6 Å². The monoisotopic (exact) mass is 388 g/mol. The van der Waals surface area contributed by atoms with Crippen molar-refractivity contribution in [2.45, 2.75) is 51.5 Å². The van der Waals surface area contributed by atoms with Crippen molar-refractivity contribution in [2.24, 2.45) is 11.7 Å². The summed E-state index contributed by atoms with van der Waals surface area (Å²) < 4.78 is 39.6. The highest BCUT2D eigenvalue weighted by Crippen LogP contribution is 2.29. The van der Waals surface area contributed by atoms with E-state index in [0.29, 0.717) is 25.4 Å². The van der Waals surface area contributed by atoms with Gasteiger partial charge in [-0.3, -0.25) is 9.59 Å². The molecule has 8 nitrogen and oxygen atoms in total. The molecule has 3 heterocycles. The number of hydrogen-bond acceptors (Lipinski definition) is 5. The average molecular weight is 388 g/mol. The predicted molar refractivity (Wildman–Crippen MR) is 88.0 cm³/mol. The van der Waals surface area contributed by atoms with Crippen molar-refractivity contribution in [3.8, 4) is 0 Å². The molecule has 1 saturated heterocycles. The number of nitrogens with two attached hydrogens (primary N) is 1. The number of alkyl halides is 3. The van der Waals surface area contributed by atoms with Gasteiger partial charge in [0.25, 0.3) is 0 Å². The van der Waals surface area contributed by atoms with Crippen LogP contribution < -0.4 is 5.73 Å². The fourth-order valence-electron chi connectivity index (χ4n) is 3.55. The number of halogens is 3. The molecule has 0 bridgehead atoms. The fraction of sp³-hybridized carbons (Fsp3) is 0.750. The minimum atomic E-state index is -4.57. The highest BCUT2D eigenvalue weighted by atomic mass is 19.4. The Morgan fingerprint density at radius 1 is 1.33 bits per heavy atom. The second kappa shape index (κ2) is 7.45. The van der Waals surface area contributed by atoms with Crippen LogP contribution in [-0.2, 0) is 28.9 Å². The zero-order valence-corrected chi connectivity index (χ0v) is 15.1. The summed E-state index contributed by atoms with van der Waals surface area (Å²) in [6, 6.07) is -0.516. The summed E-state index contributed by atoms with van der Waals surface area (Å²) in [7, 11) is 0. The molecule has 0 radical (unpaired) electrons. The Hall–Kier alpha value is -2.17. The predicted octanol–water partition coefficient (Wildman–Crippen LogP) is 0.615. The van der Waals surface area contributed by atoms with Crippen LogP contribution in [-0.4, -0.2) is 62.1 Å². The van der Waals surface area contributed by atoms with E-state index in [9.17, 15) is 22.8 Å². The van der Waals surface area contributed by atoms with Gasteiger partial charge in [0.05, 0.1) is 6.54 Å². The lowest BCUT2D eigenvalue weighted by Gasteiger charge is -2.33. The van der Waals surface area contributed by atoms with Crippen LogP contribution >= 0.6 is 0 Å². The average Bonchev–Trinajstić information content (AvgIpc) is 3.01. The summed E-state index contributed by atoms with van der Waals surface area (Å²) in [5, 5.41) is 6.76. The molecule has 3 rings (SSSR count). The molecule has 11 heteroatoms. The maximum absolute atomic E-state index is 12.9. The Kier molecular flexibility index (Phi) is 5.41. The number of hydrogen-bond donors (Lipinski definition) is 1. The first-order valence-corrected chi connectivity index (χ1v) is 8.95. The van der Waals surface area contributed by atoms with Crippen molar-refractivity contribution in [1.29, 1.82) is 0 Å². The third-order valence-electron chi connectivity index (χ3n) is 4.99. The summed E-state index contributed by atoms with van der Waals surface area (Å²) in [5.74, 6) is -0.749. The van der Waals surface area contributed by atoms with Crippen LogP contribution in [0.15, 0.2) is 0 Å². The quantitative estimate of drug-likeness (QED) is 0.815. The van der Waals surface area contributed by atoms with E-state index in [0.717, 1.165) is 11.0 Å². The molecule has 2 aliphatic heterocycles. The molecule has 0 saturated carbocycles. The number of aromatic nitrogens is 3. The number of likely N-dealkylation sites (tertiary alicyclic amines) is 1. The van der Waals surface area contributed by atoms with E-state index in [2.05, 4.69) is 17.1 Å². The number of rotatable bonds is 4. The molecular formula is C16H23F3N6O2. The fourth-order valence-corrected chi connectivity index (χ4v) is 3.55. The third-order valence-corrected chi connectivity index (χ3v) is 4.99. The summed E-state index contributed by atoms with van der Waals surface area (Å²) in [5.41, 5.74) is 6.05. The van der Waals surface area contributed by atoms with Gasteiger partial charge in [0.15, 0.2) is 5.82 Å². The van der Waals surface area contributed by atoms with E-state index in [-0.39, 0.29) is 43.7 Å². The number of amides is 2. The molecule has 1 fully saturated rings. The topological polar surface area (TPSA) is 97.3 Å². The second-order valence-electron chi connectivity index (χ2n) is 7.31. The van der Waals surface area contributed by atoms with E-state index in [4.69, 9.17) is 5.73 Å². The summed E-state index contributed by atoms with van der Waals surface area (Å²) >= 11 is 0. The lowest BCUT2D eigenvalue weighted by Crippen LogP contribution is -2.48. The van der Waals surface area contributed by atoms with E-state index < -0.39 is 18.0 Å². The van der Waals surface area contributed by atoms with Crippen LogP contribution in [0.1, 0.15) is 37.8 Å². The summed E-state index contributed by atoms with van der Waals surface area (Å²) in [6.45, 7) is 3.09. The van der Waals surface area contributed by atoms with Crippen LogP contribution in [0.25, 0.3) is 0 Å². The van der Waals surface area contributed by atoms with Gasteiger partial charge in [-0.05, 0) is 12.3 Å². The van der Waals surface area contributed by atoms with E-state index in [1.54, 1.807) is 4.90 Å². The van der Waals surface area contributed by atoms with Gasteiger partial charge in [-0.1, -0.05) is 6.92 Å². The lowest BCUT2D eigenvalue weighted by atomic mass is 9.99. The number of fused-ring (bicyclic) bond motifs is 1. The first-order valence-electron chi connectivity index (χ1n) is 8.95. The molecule has 1 aromatic heterocycles. The molecule has 0 aliphatic carbocycles. The van der Waals surface area contributed by atoms with Crippen LogP contribution in [0.3, 0.4) is 0 Å². The Morgan fingerprint density at radius 3 is 2.78 bits per heavy atom. The molecule has 2 aliphatic rings. The zero-order chi connectivity index (χ0) is 19.8. The van der Waals surface area contributed by atoms with E-state index >= 15 is 0 Å². The van der Waals surface area contributed by atoms with Gasteiger partial charge in [-0.2, -0.15) is 13.2 Å². The number of carbonyl (C=O) groups excluding carboxylic acids is 2. The number of nitrogens with zero attached hydrogens (tertiary/aromatic N) is 5. The highest BCUT2D eigenvalue weighted by molar-refractivity contribution is 5.78. The largest absolute Gasteiger partial charge is 0.451 e. The zero-order valence-electron chi connectivity index (χ0n) is 15.1. The van der Waals surface area contributed by atoms with Crippen molar-refractivity contribution >= 4 is 11.8 Å². The van der Waals surface area contributed by atoms with Crippen LogP contribution in [0.5, 0.6) is 0 Å². The molecule has 2 atom stereocenters. The summed E-state index contributed by atoms with van der Waals surface area (Å²) in [4.78, 5) is 27.5. The number of carbonyl (C=O) groups is 2. The smallest absolute Gasteiger partial charge is 0.341 e. The van der Waals surface area contributed by atoms with Crippen LogP contribution in [0.2, 0.25) is 0 Å². The molecule has 2 amide bonds. The Labute approximate surface area is 154 Å². The maximum Gasteiger partial charge on any atom is 0.451 e. The molecule has 0 spiro atoms. The normalized spacial score (nSPS) is 22.0. The Balaban J connectivity index is 1.56. The molecule has 1 aromatic rings. The van der Waals surface area contributed by atoms with Crippen LogP contribution in [0.4, 0.5) is 13.2 Å². The molecule has 150 valence electrons. The van der Waals surface area contributed by atoms with Gasteiger partial charge in [-0.15, -0.1) is 10.2 Å². The highest BCUT2D eigenvalue weighted by Gasteiger charge is 2.40. The van der Waals surface area contributed by atoms with Crippen molar-refractivity contribution < 1.29 is 22.8 Å². The third kappa shape index (κ3) is 4.40. The van der Waals surface area contributed by atoms with Gasteiger partial charge in [0.2, 0.25) is 17.6 Å². The Morgan fingerprint density at radius 2 is 2.07 bits per heavy atom. The molecule has 2 N–H and O–H groups in total. The van der Waals surface area contributed by atoms with Gasteiger partial charge in [-0.25, -0.2) is 0 Å². The summed E-state index contributed by atoms with van der Waals surface area (Å²) in [6.07, 6.45) is -3.20. The molecular weight excluding hydrogens is 365 g/mol. The first kappa shape index (κ1) is 19.6. The van der Waals surface area contributed by atoms with Gasteiger partial charge in [0.1, 0.15) is 0 Å². The second-order valence-corrected chi connectivity index (χ2v) is 7.31. The van der Waals surface area contributed by atoms with Crippen molar-refractivity contribution in [1.82, 2.24) is 24.6 Å². The maximum atomic E-state index is 12.9. The minimum Gasteiger partial charge on any atom is -0.341 e. The van der Waals surface area contributed by atoms with Crippen molar-refractivity contribution in [3.05, 3.63) is 11.6 Å². The molecule has 27 heavy (non-hydrogen) atoms. The Bertz CT molecular complexity index is 719. The van der Waals surface area contributed by atoms with Crippen molar-refractivity contribution in [3.63, 3.8) is 0 Å². The lowest BCUT2D eigenvalue weighted by molar-refractivity contribution is -0.148. The van der Waals surface area contributed by atoms with Gasteiger partial charge in [0, 0.05) is 45.1 Å².